The molecule has 0 unspecified atom stereocenters. The highest BCUT2D eigenvalue weighted by atomic mass is 16.3. The van der Waals surface area contributed by atoms with Crippen molar-refractivity contribution >= 4 is 17.5 Å². The number of hydrogen-bond donors (Lipinski definition) is 2. The second-order valence-corrected chi connectivity index (χ2v) is 6.13. The maximum Gasteiger partial charge on any atom is 0.228 e. The van der Waals surface area contributed by atoms with Crippen LogP contribution in [-0.2, 0) is 9.59 Å². The van der Waals surface area contributed by atoms with Gasteiger partial charge in [0.05, 0.1) is 18.2 Å². The fourth-order valence-corrected chi connectivity index (χ4v) is 2.98. The number of hydrogen-bond acceptors (Lipinski definition) is 4. The van der Waals surface area contributed by atoms with Gasteiger partial charge in [-0.1, -0.05) is 18.2 Å². The Morgan fingerprint density at radius 1 is 1.33 bits per heavy atom. The van der Waals surface area contributed by atoms with Gasteiger partial charge in [0.25, 0.3) is 0 Å². The van der Waals surface area contributed by atoms with Gasteiger partial charge in [-0.15, -0.1) is 0 Å². The zero-order chi connectivity index (χ0) is 17.1. The van der Waals surface area contributed by atoms with Gasteiger partial charge < -0.3 is 15.1 Å². The summed E-state index contributed by atoms with van der Waals surface area (Å²) in [5, 5.41) is 5.77. The number of carbonyl (C=O) groups is 2. The molecule has 6 heteroatoms. The van der Waals surface area contributed by atoms with Gasteiger partial charge in [0, 0.05) is 18.7 Å². The summed E-state index contributed by atoms with van der Waals surface area (Å²) in [6.45, 7) is 0.416. The quantitative estimate of drug-likeness (QED) is 0.882. The molecule has 0 radical (unpaired) electrons. The first-order valence-corrected chi connectivity index (χ1v) is 7.92. The number of benzene rings is 1. The third kappa shape index (κ3) is 3.33. The number of carbonyl (C=O) groups excluding carboxylic acids is 2. The van der Waals surface area contributed by atoms with E-state index in [0.717, 1.165) is 11.3 Å². The molecule has 0 spiro atoms. The van der Waals surface area contributed by atoms with Gasteiger partial charge >= 0.3 is 0 Å². The Kier molecular flexibility index (Phi) is 4.66. The lowest BCUT2D eigenvalue weighted by Crippen LogP contribution is -2.39. The van der Waals surface area contributed by atoms with Crippen LogP contribution in [0.15, 0.2) is 47.1 Å². The Labute approximate surface area is 140 Å². The summed E-state index contributed by atoms with van der Waals surface area (Å²) in [6, 6.07) is 11.1. The fraction of sp³-hybridized carbons (Fsp3) is 0.333. The first-order valence-electron chi connectivity index (χ1n) is 7.92. The van der Waals surface area contributed by atoms with Crippen LogP contribution in [0, 0.1) is 0 Å². The van der Waals surface area contributed by atoms with Gasteiger partial charge in [-0.3, -0.25) is 14.5 Å². The Morgan fingerprint density at radius 2 is 2.12 bits per heavy atom. The number of para-hydroxylation sites is 1. The molecule has 1 aromatic carbocycles. The van der Waals surface area contributed by atoms with Gasteiger partial charge in [-0.25, -0.2) is 0 Å². The van der Waals surface area contributed by atoms with Crippen LogP contribution in [0.2, 0.25) is 0 Å². The SMILES string of the molecule is CN(C)[C@@H](CNC(=O)[C@@H]1CC(=O)Nc2ccccc21)c1ccco1. The molecule has 126 valence electrons. The Morgan fingerprint density at radius 3 is 2.83 bits per heavy atom. The molecule has 0 fully saturated rings. The lowest BCUT2D eigenvalue weighted by atomic mass is 9.90. The van der Waals surface area contributed by atoms with Gasteiger partial charge in [0.1, 0.15) is 5.76 Å². The van der Waals surface area contributed by atoms with E-state index in [1.54, 1.807) is 6.26 Å². The Bertz CT molecular complexity index is 725. The monoisotopic (exact) mass is 327 g/mol. The first-order chi connectivity index (χ1) is 11.6. The second kappa shape index (κ2) is 6.88. The number of amides is 2. The van der Waals surface area contributed by atoms with E-state index in [2.05, 4.69) is 10.6 Å². The molecule has 2 aromatic rings. The van der Waals surface area contributed by atoms with Crippen molar-refractivity contribution < 1.29 is 14.0 Å². The molecule has 2 atom stereocenters. The number of fused-ring (bicyclic) bond motifs is 1. The van der Waals surface area contributed by atoms with Crippen molar-refractivity contribution in [2.75, 3.05) is 26.0 Å². The zero-order valence-corrected chi connectivity index (χ0v) is 13.8. The Hall–Kier alpha value is -2.60. The average molecular weight is 327 g/mol. The van der Waals surface area contributed by atoms with Gasteiger partial charge in [-0.2, -0.15) is 0 Å². The van der Waals surface area contributed by atoms with Crippen LogP contribution in [0.25, 0.3) is 0 Å². The normalized spacial score (nSPS) is 18.0. The summed E-state index contributed by atoms with van der Waals surface area (Å²) in [5.41, 5.74) is 1.57. The number of furan rings is 1. The lowest BCUT2D eigenvalue weighted by molar-refractivity contribution is -0.126. The van der Waals surface area contributed by atoms with E-state index in [-0.39, 0.29) is 24.3 Å². The largest absolute Gasteiger partial charge is 0.468 e. The summed E-state index contributed by atoms with van der Waals surface area (Å²) >= 11 is 0. The number of likely N-dealkylation sites (N-methyl/N-ethyl adjacent to an activating group) is 1. The maximum absolute atomic E-state index is 12.7. The van der Waals surface area contributed by atoms with E-state index in [1.807, 2.05) is 55.4 Å². The molecule has 1 aliphatic heterocycles. The van der Waals surface area contributed by atoms with Gasteiger partial charge in [0.2, 0.25) is 11.8 Å². The predicted octanol–water partition coefficient (Wildman–Crippen LogP) is 2.12. The van der Waals surface area contributed by atoms with E-state index in [9.17, 15) is 9.59 Å². The molecule has 0 saturated carbocycles. The molecule has 1 aliphatic rings. The molecule has 1 aromatic heterocycles. The van der Waals surface area contributed by atoms with Crippen molar-refractivity contribution in [3.63, 3.8) is 0 Å². The van der Waals surface area contributed by atoms with Crippen molar-refractivity contribution in [3.05, 3.63) is 54.0 Å². The highest BCUT2D eigenvalue weighted by molar-refractivity contribution is 6.01. The van der Waals surface area contributed by atoms with Crippen molar-refractivity contribution in [1.29, 1.82) is 0 Å². The number of rotatable bonds is 5. The third-order valence-electron chi connectivity index (χ3n) is 4.28. The van der Waals surface area contributed by atoms with Gasteiger partial charge in [0.15, 0.2) is 0 Å². The molecule has 0 bridgehead atoms. The van der Waals surface area contributed by atoms with Crippen molar-refractivity contribution in [3.8, 4) is 0 Å². The molecular formula is C18H21N3O3. The predicted molar refractivity (Wildman–Crippen MR) is 90.6 cm³/mol. The van der Waals surface area contributed by atoms with Crippen LogP contribution in [0.5, 0.6) is 0 Å². The van der Waals surface area contributed by atoms with E-state index < -0.39 is 5.92 Å². The van der Waals surface area contributed by atoms with Crippen LogP contribution in [0.4, 0.5) is 5.69 Å². The zero-order valence-electron chi connectivity index (χ0n) is 13.8. The number of anilines is 1. The molecule has 2 amide bonds. The molecule has 3 rings (SSSR count). The standard InChI is InChI=1S/C18H21N3O3/c1-21(2)15(16-8-5-9-24-16)11-19-18(23)13-10-17(22)20-14-7-4-3-6-12(13)14/h3-9,13,15H,10-11H2,1-2H3,(H,19,23)(H,20,22)/t13-,15+/m1/s1. The molecule has 0 aliphatic carbocycles. The summed E-state index contributed by atoms with van der Waals surface area (Å²) in [6.07, 6.45) is 1.78. The highest BCUT2D eigenvalue weighted by Crippen LogP contribution is 2.32. The summed E-state index contributed by atoms with van der Waals surface area (Å²) in [7, 11) is 3.87. The molecule has 2 N–H and O–H groups in total. The van der Waals surface area contributed by atoms with Gasteiger partial charge in [-0.05, 0) is 37.9 Å². The van der Waals surface area contributed by atoms with Crippen molar-refractivity contribution in [2.24, 2.45) is 0 Å². The minimum Gasteiger partial charge on any atom is -0.468 e. The number of nitrogens with one attached hydrogen (secondary N) is 2. The third-order valence-corrected chi connectivity index (χ3v) is 4.28. The minimum atomic E-state index is -0.464. The van der Waals surface area contributed by atoms with Crippen LogP contribution in [0.3, 0.4) is 0 Å². The average Bonchev–Trinajstić information content (AvgIpc) is 3.07. The maximum atomic E-state index is 12.7. The van der Waals surface area contributed by atoms with Crippen LogP contribution in [0.1, 0.15) is 29.7 Å². The lowest BCUT2D eigenvalue weighted by Gasteiger charge is -2.27. The molecule has 6 nitrogen and oxygen atoms in total. The summed E-state index contributed by atoms with van der Waals surface area (Å²) in [5.74, 6) is 0.0520. The van der Waals surface area contributed by atoms with E-state index in [0.29, 0.717) is 12.2 Å². The second-order valence-electron chi connectivity index (χ2n) is 6.13. The van der Waals surface area contributed by atoms with Crippen LogP contribution >= 0.6 is 0 Å². The molecular weight excluding hydrogens is 306 g/mol. The Balaban J connectivity index is 1.72. The number of nitrogens with zero attached hydrogens (tertiary/aromatic N) is 1. The smallest absolute Gasteiger partial charge is 0.228 e. The molecule has 2 heterocycles. The van der Waals surface area contributed by atoms with Crippen molar-refractivity contribution in [1.82, 2.24) is 10.2 Å². The summed E-state index contributed by atoms with van der Waals surface area (Å²) in [4.78, 5) is 26.5. The highest BCUT2D eigenvalue weighted by Gasteiger charge is 2.31. The molecule has 0 saturated heterocycles. The summed E-state index contributed by atoms with van der Waals surface area (Å²) < 4.78 is 5.45. The fourth-order valence-electron chi connectivity index (χ4n) is 2.98. The van der Waals surface area contributed by atoms with E-state index in [4.69, 9.17) is 4.42 Å². The van der Waals surface area contributed by atoms with E-state index in [1.165, 1.54) is 0 Å². The van der Waals surface area contributed by atoms with Crippen LogP contribution in [-0.4, -0.2) is 37.4 Å². The topological polar surface area (TPSA) is 74.6 Å². The van der Waals surface area contributed by atoms with E-state index >= 15 is 0 Å². The molecule has 24 heavy (non-hydrogen) atoms. The van der Waals surface area contributed by atoms with Crippen molar-refractivity contribution in [2.45, 2.75) is 18.4 Å². The minimum absolute atomic E-state index is 0.0587. The first kappa shape index (κ1) is 16.3. The van der Waals surface area contributed by atoms with Crippen LogP contribution < -0.4 is 10.6 Å².